The Morgan fingerprint density at radius 1 is 0.822 bits per heavy atom. The lowest BCUT2D eigenvalue weighted by Gasteiger charge is -2.36. The van der Waals surface area contributed by atoms with Crippen LogP contribution in [0.15, 0.2) is 97.1 Å². The Balaban J connectivity index is 1.49. The molecule has 1 amide bonds. The number of esters is 1. The fraction of sp³-hybridized carbons (Fsp3) is 0.316. The summed E-state index contributed by atoms with van der Waals surface area (Å²) in [6.07, 6.45) is 2.10. The van der Waals surface area contributed by atoms with Gasteiger partial charge in [-0.2, -0.15) is 0 Å². The molecule has 1 fully saturated rings. The average Bonchev–Trinajstić information content (AvgIpc) is 3.03. The van der Waals surface area contributed by atoms with E-state index in [9.17, 15) is 9.59 Å². The van der Waals surface area contributed by atoms with Crippen LogP contribution in [0.2, 0.25) is 0 Å². The predicted molar refractivity (Wildman–Crippen MR) is 181 cm³/mol. The summed E-state index contributed by atoms with van der Waals surface area (Å²) in [7, 11) is 4.25. The van der Waals surface area contributed by atoms with E-state index in [1.54, 1.807) is 6.07 Å². The van der Waals surface area contributed by atoms with Crippen LogP contribution in [-0.2, 0) is 11.3 Å². The van der Waals surface area contributed by atoms with Gasteiger partial charge in [0.05, 0.1) is 16.8 Å². The molecule has 1 saturated heterocycles. The summed E-state index contributed by atoms with van der Waals surface area (Å²) in [5.74, 6) is -0.394. The van der Waals surface area contributed by atoms with E-state index in [0.29, 0.717) is 29.6 Å². The summed E-state index contributed by atoms with van der Waals surface area (Å²) in [5, 5.41) is 3.05. The summed E-state index contributed by atoms with van der Waals surface area (Å²) >= 11 is 0. The van der Waals surface area contributed by atoms with Gasteiger partial charge in [0.25, 0.3) is 5.91 Å². The van der Waals surface area contributed by atoms with E-state index in [-0.39, 0.29) is 11.5 Å². The number of hydrogen-bond acceptors (Lipinski definition) is 6. The van der Waals surface area contributed by atoms with Crippen molar-refractivity contribution in [2.75, 3.05) is 37.4 Å². The second-order valence-electron chi connectivity index (χ2n) is 12.7. The molecule has 234 valence electrons. The zero-order chi connectivity index (χ0) is 32.0. The van der Waals surface area contributed by atoms with E-state index in [4.69, 9.17) is 9.47 Å². The molecular weight excluding hydrogens is 562 g/mol. The van der Waals surface area contributed by atoms with Crippen molar-refractivity contribution in [3.05, 3.63) is 114 Å². The van der Waals surface area contributed by atoms with Crippen LogP contribution in [0.4, 0.5) is 11.4 Å². The van der Waals surface area contributed by atoms with Gasteiger partial charge in [0.1, 0.15) is 18.0 Å². The summed E-state index contributed by atoms with van der Waals surface area (Å²) in [6.45, 7) is 7.59. The van der Waals surface area contributed by atoms with Crippen molar-refractivity contribution in [2.24, 2.45) is 0 Å². The lowest BCUT2D eigenvalue weighted by molar-refractivity contribution is 0.00707. The fourth-order valence-electron chi connectivity index (χ4n) is 5.55. The first-order chi connectivity index (χ1) is 21.6. The molecular formula is C38H43N3O4. The Morgan fingerprint density at radius 3 is 2.13 bits per heavy atom. The lowest BCUT2D eigenvalue weighted by Crippen LogP contribution is -2.42. The Labute approximate surface area is 266 Å². The topological polar surface area (TPSA) is 71.1 Å². The number of hydrogen-bond donors (Lipinski definition) is 1. The lowest BCUT2D eigenvalue weighted by atomic mass is 10.0. The summed E-state index contributed by atoms with van der Waals surface area (Å²) in [6, 6.07) is 31.5. The van der Waals surface area contributed by atoms with Gasteiger partial charge in [-0.05, 0) is 94.7 Å². The maximum Gasteiger partial charge on any atom is 0.340 e. The molecule has 0 saturated carbocycles. The molecule has 4 aromatic carbocycles. The third kappa shape index (κ3) is 8.31. The monoisotopic (exact) mass is 605 g/mol. The van der Waals surface area contributed by atoms with Gasteiger partial charge in [0, 0.05) is 24.8 Å². The highest BCUT2D eigenvalue weighted by Gasteiger charge is 2.25. The van der Waals surface area contributed by atoms with Crippen LogP contribution in [0.5, 0.6) is 5.75 Å². The molecule has 0 spiro atoms. The molecule has 7 nitrogen and oxygen atoms in total. The number of ether oxygens (including phenoxy) is 2. The number of carbonyl (C=O) groups excluding carboxylic acids is 2. The minimum atomic E-state index is -0.691. The van der Waals surface area contributed by atoms with Gasteiger partial charge in [-0.15, -0.1) is 0 Å². The molecule has 0 aromatic heterocycles. The molecule has 7 heteroatoms. The van der Waals surface area contributed by atoms with E-state index in [1.165, 1.54) is 0 Å². The number of carbonyl (C=O) groups is 2. The van der Waals surface area contributed by atoms with Gasteiger partial charge < -0.3 is 24.6 Å². The molecule has 1 aliphatic rings. The number of nitrogens with one attached hydrogen (secondary N) is 1. The van der Waals surface area contributed by atoms with Crippen molar-refractivity contribution in [1.29, 1.82) is 0 Å². The average molecular weight is 606 g/mol. The zero-order valence-corrected chi connectivity index (χ0v) is 26.9. The number of nitrogens with zero attached hydrogens (tertiary/aromatic N) is 2. The Hall–Kier alpha value is -4.62. The van der Waals surface area contributed by atoms with Gasteiger partial charge in [-0.1, -0.05) is 66.7 Å². The van der Waals surface area contributed by atoms with Crippen molar-refractivity contribution in [1.82, 2.24) is 4.90 Å². The van der Waals surface area contributed by atoms with E-state index in [2.05, 4.69) is 29.2 Å². The third-order valence-corrected chi connectivity index (χ3v) is 8.00. The van der Waals surface area contributed by atoms with Crippen molar-refractivity contribution in [2.45, 2.75) is 51.9 Å². The Kier molecular flexibility index (Phi) is 9.89. The normalized spacial score (nSPS) is 13.9. The maximum absolute atomic E-state index is 14.2. The smallest absolute Gasteiger partial charge is 0.340 e. The molecule has 0 unspecified atom stereocenters. The number of amides is 1. The van der Waals surface area contributed by atoms with Crippen LogP contribution in [-0.4, -0.2) is 55.6 Å². The molecule has 0 atom stereocenters. The molecule has 5 rings (SSSR count). The standard InChI is InChI=1S/C38H43N3O4/c1-38(2,3)45-37(43)32-18-16-29(28-14-10-7-11-15-28)24-34(32)39-36(42)33-25-31(41-22-20-30(21-23-41)40(4)5)17-19-35(33)44-26-27-12-8-6-9-13-27/h6-19,24-25,30H,20-23,26H2,1-5H3,(H,39,42). The Bertz CT molecular complexity index is 1610. The van der Waals surface area contributed by atoms with Crippen molar-refractivity contribution in [3.8, 4) is 16.9 Å². The predicted octanol–water partition coefficient (Wildman–Crippen LogP) is 7.67. The maximum atomic E-state index is 14.2. The Morgan fingerprint density at radius 2 is 1.49 bits per heavy atom. The van der Waals surface area contributed by atoms with Gasteiger partial charge >= 0.3 is 5.97 Å². The molecule has 0 aliphatic carbocycles. The van der Waals surface area contributed by atoms with Gasteiger partial charge in [-0.3, -0.25) is 4.79 Å². The van der Waals surface area contributed by atoms with Crippen LogP contribution in [0.25, 0.3) is 11.1 Å². The van der Waals surface area contributed by atoms with Gasteiger partial charge in [0.15, 0.2) is 0 Å². The van der Waals surface area contributed by atoms with Gasteiger partial charge in [0.2, 0.25) is 0 Å². The van der Waals surface area contributed by atoms with Crippen LogP contribution in [0.3, 0.4) is 0 Å². The van der Waals surface area contributed by atoms with Gasteiger partial charge in [-0.25, -0.2) is 4.79 Å². The van der Waals surface area contributed by atoms with E-state index in [1.807, 2.05) is 112 Å². The molecule has 4 aromatic rings. The molecule has 1 aliphatic heterocycles. The number of rotatable bonds is 9. The minimum Gasteiger partial charge on any atom is -0.488 e. The highest BCUT2D eigenvalue weighted by atomic mass is 16.6. The van der Waals surface area contributed by atoms with Crippen molar-refractivity contribution < 1.29 is 19.1 Å². The van der Waals surface area contributed by atoms with Crippen molar-refractivity contribution >= 4 is 23.3 Å². The first-order valence-electron chi connectivity index (χ1n) is 15.5. The summed E-state index contributed by atoms with van der Waals surface area (Å²) in [4.78, 5) is 32.1. The van der Waals surface area contributed by atoms with E-state index < -0.39 is 11.6 Å². The highest BCUT2D eigenvalue weighted by Crippen LogP contribution is 2.32. The first kappa shape index (κ1) is 31.8. The highest BCUT2D eigenvalue weighted by molar-refractivity contribution is 6.10. The third-order valence-electron chi connectivity index (χ3n) is 8.00. The first-order valence-corrected chi connectivity index (χ1v) is 15.5. The van der Waals surface area contributed by atoms with Crippen LogP contribution < -0.4 is 15.0 Å². The number of piperidine rings is 1. The van der Waals surface area contributed by atoms with E-state index >= 15 is 0 Å². The molecule has 0 bridgehead atoms. The largest absolute Gasteiger partial charge is 0.488 e. The second-order valence-corrected chi connectivity index (χ2v) is 12.7. The number of benzene rings is 4. The molecule has 1 N–H and O–H groups in total. The van der Waals surface area contributed by atoms with Crippen LogP contribution in [0, 0.1) is 0 Å². The van der Waals surface area contributed by atoms with Crippen LogP contribution in [0.1, 0.15) is 59.9 Å². The summed E-state index contributed by atoms with van der Waals surface area (Å²) < 4.78 is 11.9. The summed E-state index contributed by atoms with van der Waals surface area (Å²) in [5.41, 5.74) is 4.18. The molecule has 45 heavy (non-hydrogen) atoms. The van der Waals surface area contributed by atoms with Crippen LogP contribution >= 0.6 is 0 Å². The molecule has 0 radical (unpaired) electrons. The fourth-order valence-corrected chi connectivity index (χ4v) is 5.55. The van der Waals surface area contributed by atoms with E-state index in [0.717, 1.165) is 48.3 Å². The SMILES string of the molecule is CN(C)C1CCN(c2ccc(OCc3ccccc3)c(C(=O)Nc3cc(-c4ccccc4)ccc3C(=O)OC(C)(C)C)c2)CC1. The zero-order valence-electron chi connectivity index (χ0n) is 26.9. The second kappa shape index (κ2) is 14.0. The number of anilines is 2. The molecule has 1 heterocycles. The minimum absolute atomic E-state index is 0.284. The quantitative estimate of drug-likeness (QED) is 0.198. The van der Waals surface area contributed by atoms with Crippen molar-refractivity contribution in [3.63, 3.8) is 0 Å².